The summed E-state index contributed by atoms with van der Waals surface area (Å²) in [6.07, 6.45) is -0.224. The second-order valence-electron chi connectivity index (χ2n) is 1.88. The molecular formula is C5H12CaNNaO4. The Morgan fingerprint density at radius 3 is 2.00 bits per heavy atom. The van der Waals surface area contributed by atoms with Gasteiger partial charge in [-0.3, -0.25) is 9.59 Å². The van der Waals surface area contributed by atoms with Crippen LogP contribution >= 0.6 is 0 Å². The van der Waals surface area contributed by atoms with Gasteiger partial charge < -0.3 is 15.9 Å². The Labute approximate surface area is 122 Å². The number of carboxylic acids is 2. The normalized spacial score (nSPS) is 10.4. The summed E-state index contributed by atoms with van der Waals surface area (Å²) >= 11 is 0. The summed E-state index contributed by atoms with van der Waals surface area (Å²) in [5.41, 5.74) is 5.00. The van der Waals surface area contributed by atoms with Gasteiger partial charge >= 0.3 is 79.2 Å². The van der Waals surface area contributed by atoms with Crippen molar-refractivity contribution in [2.45, 2.75) is 18.9 Å². The molecule has 0 aromatic carbocycles. The molecule has 0 saturated heterocycles. The third-order valence-electron chi connectivity index (χ3n) is 0.986. The Balaban J connectivity index is -0.000000405. The van der Waals surface area contributed by atoms with Crippen molar-refractivity contribution in [2.24, 2.45) is 5.73 Å². The first-order valence-electron chi connectivity index (χ1n) is 2.74. The fourth-order valence-corrected chi connectivity index (χ4v) is 0.402. The summed E-state index contributed by atoms with van der Waals surface area (Å²) in [7, 11) is 0. The Morgan fingerprint density at radius 1 is 1.33 bits per heavy atom. The quantitative estimate of drug-likeness (QED) is 0.456. The molecule has 0 spiro atoms. The maximum absolute atomic E-state index is 9.99. The van der Waals surface area contributed by atoms with Crippen LogP contribution in [0.5, 0.6) is 0 Å². The van der Waals surface area contributed by atoms with E-state index in [2.05, 4.69) is 0 Å². The van der Waals surface area contributed by atoms with Crippen molar-refractivity contribution in [3.05, 3.63) is 0 Å². The Kier molecular flexibility index (Phi) is 16.1. The van der Waals surface area contributed by atoms with E-state index in [9.17, 15) is 9.59 Å². The maximum atomic E-state index is 9.99. The molecule has 0 aliphatic heterocycles. The van der Waals surface area contributed by atoms with Crippen LogP contribution in [0.4, 0.5) is 0 Å². The molecular weight excluding hydrogens is 201 g/mol. The third-order valence-corrected chi connectivity index (χ3v) is 0.986. The second kappa shape index (κ2) is 10.2. The number of hydrogen-bond donors (Lipinski definition) is 3. The molecule has 0 rings (SSSR count). The SMILES string of the molecule is N[C@@H](CCC(=O)O)C(=O)O.[CaH2].[NaH]. The first kappa shape index (κ1) is 18.9. The molecule has 0 aromatic rings. The van der Waals surface area contributed by atoms with Gasteiger partial charge in [0.2, 0.25) is 0 Å². The van der Waals surface area contributed by atoms with Gasteiger partial charge in [0.25, 0.3) is 0 Å². The van der Waals surface area contributed by atoms with Crippen molar-refractivity contribution >= 4 is 79.2 Å². The molecule has 5 nitrogen and oxygen atoms in total. The van der Waals surface area contributed by atoms with Crippen molar-refractivity contribution in [2.75, 3.05) is 0 Å². The van der Waals surface area contributed by atoms with Crippen molar-refractivity contribution in [3.63, 3.8) is 0 Å². The van der Waals surface area contributed by atoms with Crippen LogP contribution in [-0.4, -0.2) is 95.5 Å². The van der Waals surface area contributed by atoms with Crippen LogP contribution in [0.15, 0.2) is 0 Å². The van der Waals surface area contributed by atoms with Crippen molar-refractivity contribution in [1.82, 2.24) is 0 Å². The molecule has 0 aliphatic rings. The number of carbonyl (C=O) groups is 2. The Morgan fingerprint density at radius 2 is 1.75 bits per heavy atom. The molecule has 1 atom stereocenters. The second-order valence-corrected chi connectivity index (χ2v) is 1.88. The Hall–Kier alpha value is 1.16. The van der Waals surface area contributed by atoms with Crippen molar-refractivity contribution in [3.8, 4) is 0 Å². The van der Waals surface area contributed by atoms with Crippen LogP contribution < -0.4 is 5.73 Å². The summed E-state index contributed by atoms with van der Waals surface area (Å²) in [5, 5.41) is 16.3. The zero-order chi connectivity index (χ0) is 8.15. The topological polar surface area (TPSA) is 101 Å². The van der Waals surface area contributed by atoms with Gasteiger partial charge in [-0.25, -0.2) is 0 Å². The van der Waals surface area contributed by atoms with Crippen LogP contribution in [0.1, 0.15) is 12.8 Å². The fraction of sp³-hybridized carbons (Fsp3) is 0.600. The molecule has 0 radical (unpaired) electrons. The van der Waals surface area contributed by atoms with Crippen LogP contribution in [0.2, 0.25) is 0 Å². The zero-order valence-corrected chi connectivity index (χ0v) is 5.28. The van der Waals surface area contributed by atoms with Crippen molar-refractivity contribution in [1.29, 1.82) is 0 Å². The van der Waals surface area contributed by atoms with Crippen LogP contribution in [0, 0.1) is 0 Å². The first-order chi connectivity index (χ1) is 4.54. The van der Waals surface area contributed by atoms with Crippen molar-refractivity contribution < 1.29 is 19.8 Å². The fourth-order valence-electron chi connectivity index (χ4n) is 0.402. The van der Waals surface area contributed by atoms with E-state index in [1.807, 2.05) is 0 Å². The summed E-state index contributed by atoms with van der Waals surface area (Å²) in [5.74, 6) is -2.20. The summed E-state index contributed by atoms with van der Waals surface area (Å²) in [6, 6.07) is -1.06. The van der Waals surface area contributed by atoms with Gasteiger partial charge in [0, 0.05) is 6.42 Å². The number of rotatable bonds is 4. The van der Waals surface area contributed by atoms with E-state index in [0.29, 0.717) is 0 Å². The van der Waals surface area contributed by atoms with E-state index < -0.39 is 18.0 Å². The van der Waals surface area contributed by atoms with Gasteiger partial charge in [-0.1, -0.05) is 0 Å². The predicted octanol–water partition coefficient (Wildman–Crippen LogP) is -2.30. The van der Waals surface area contributed by atoms with Gasteiger partial charge in [-0.2, -0.15) is 0 Å². The molecule has 4 N–H and O–H groups in total. The van der Waals surface area contributed by atoms with E-state index in [4.69, 9.17) is 15.9 Å². The molecule has 0 unspecified atom stereocenters. The van der Waals surface area contributed by atoms with E-state index >= 15 is 0 Å². The third kappa shape index (κ3) is 11.2. The molecule has 0 amide bonds. The molecule has 0 bridgehead atoms. The van der Waals surface area contributed by atoms with E-state index in [1.54, 1.807) is 0 Å². The van der Waals surface area contributed by atoms with E-state index in [-0.39, 0.29) is 80.1 Å². The average molecular weight is 213 g/mol. The van der Waals surface area contributed by atoms with Gasteiger partial charge in [0.1, 0.15) is 6.04 Å². The monoisotopic (exact) mass is 213 g/mol. The van der Waals surface area contributed by atoms with Gasteiger partial charge in [0.15, 0.2) is 0 Å². The number of aliphatic carboxylic acids is 2. The van der Waals surface area contributed by atoms with Gasteiger partial charge in [0.05, 0.1) is 0 Å². The number of hydrogen-bond acceptors (Lipinski definition) is 3. The standard InChI is InChI=1S/C5H9NO4.Ca.Na.3H/c6-3(5(9)10)1-2-4(7)8;;;;;/h3H,1-2,6H2,(H,7,8)(H,9,10);;;;;/t3-;;;;;/m0...../s1. The molecule has 12 heavy (non-hydrogen) atoms. The predicted molar refractivity (Wildman–Crippen MR) is 48.2 cm³/mol. The minimum absolute atomic E-state index is 0. The molecule has 0 aliphatic carbocycles. The van der Waals surface area contributed by atoms with Gasteiger partial charge in [-0.05, 0) is 6.42 Å². The van der Waals surface area contributed by atoms with Crippen LogP contribution in [0.3, 0.4) is 0 Å². The summed E-state index contributed by atoms with van der Waals surface area (Å²) in [4.78, 5) is 19.9. The van der Waals surface area contributed by atoms with Crippen LogP contribution in [0.25, 0.3) is 0 Å². The summed E-state index contributed by atoms with van der Waals surface area (Å²) < 4.78 is 0. The van der Waals surface area contributed by atoms with Gasteiger partial charge in [-0.15, -0.1) is 0 Å². The zero-order valence-electron chi connectivity index (χ0n) is 5.28. The number of carboxylic acid groups (broad SMARTS) is 2. The summed E-state index contributed by atoms with van der Waals surface area (Å²) in [6.45, 7) is 0. The van der Waals surface area contributed by atoms with E-state index in [0.717, 1.165) is 0 Å². The number of nitrogens with two attached hydrogens (primary N) is 1. The minimum atomic E-state index is -1.17. The Bertz CT molecular complexity index is 154. The molecule has 0 fully saturated rings. The van der Waals surface area contributed by atoms with E-state index in [1.165, 1.54) is 0 Å². The van der Waals surface area contributed by atoms with Crippen LogP contribution in [-0.2, 0) is 9.59 Å². The molecule has 64 valence electrons. The first-order valence-corrected chi connectivity index (χ1v) is 2.74. The molecule has 7 heteroatoms. The molecule has 0 aromatic heterocycles. The average Bonchev–Trinajstić information content (AvgIpc) is 1.82. The molecule has 0 saturated carbocycles. The molecule has 0 heterocycles.